The fraction of sp³-hybridized carbons (Fsp3) is 0.818. The van der Waals surface area contributed by atoms with Gasteiger partial charge in [-0.3, -0.25) is 14.5 Å². The number of piperazine rings is 1. The number of carbonyl (C=O) groups is 2. The van der Waals surface area contributed by atoms with E-state index in [1.165, 1.54) is 7.11 Å². The molecule has 0 radical (unpaired) electrons. The Morgan fingerprint density at radius 2 is 2.06 bits per heavy atom. The van der Waals surface area contributed by atoms with E-state index >= 15 is 0 Å². The highest BCUT2D eigenvalue weighted by atomic mass is 16.5. The van der Waals surface area contributed by atoms with E-state index in [-0.39, 0.29) is 24.8 Å². The Kier molecular flexibility index (Phi) is 4.04. The van der Waals surface area contributed by atoms with E-state index in [0.717, 1.165) is 6.54 Å². The summed E-state index contributed by atoms with van der Waals surface area (Å²) in [6, 6.07) is 0. The first-order valence-electron chi connectivity index (χ1n) is 5.41. The van der Waals surface area contributed by atoms with E-state index in [9.17, 15) is 9.59 Å². The molecule has 0 aromatic heterocycles. The van der Waals surface area contributed by atoms with Gasteiger partial charge in [0.25, 0.3) is 0 Å². The largest absolute Gasteiger partial charge is 0.377 e. The van der Waals surface area contributed by atoms with Gasteiger partial charge in [0.15, 0.2) is 5.78 Å². The molecule has 1 fully saturated rings. The standard InChI is InChI=1S/C11H20N2O3/c1-11(2)10(15)12(3)5-6-13(11)7-9(14)8-16-4/h5-8H2,1-4H3. The van der Waals surface area contributed by atoms with Crippen molar-refractivity contribution in [2.45, 2.75) is 19.4 Å². The molecule has 92 valence electrons. The summed E-state index contributed by atoms with van der Waals surface area (Å²) >= 11 is 0. The Morgan fingerprint density at radius 3 is 2.62 bits per heavy atom. The Bertz CT molecular complexity index is 289. The van der Waals surface area contributed by atoms with Crippen LogP contribution >= 0.6 is 0 Å². The molecule has 0 atom stereocenters. The summed E-state index contributed by atoms with van der Waals surface area (Å²) in [5.74, 6) is 0.0666. The maximum Gasteiger partial charge on any atom is 0.242 e. The summed E-state index contributed by atoms with van der Waals surface area (Å²) in [5.41, 5.74) is -0.601. The summed E-state index contributed by atoms with van der Waals surface area (Å²) in [6.07, 6.45) is 0. The average molecular weight is 228 g/mol. The molecule has 1 saturated heterocycles. The van der Waals surface area contributed by atoms with Crippen LogP contribution in [0.1, 0.15) is 13.8 Å². The lowest BCUT2D eigenvalue weighted by Crippen LogP contribution is -2.63. The second-order valence-electron chi connectivity index (χ2n) is 4.68. The third-order valence-electron chi connectivity index (χ3n) is 3.04. The number of ether oxygens (including phenoxy) is 1. The van der Waals surface area contributed by atoms with Crippen molar-refractivity contribution < 1.29 is 14.3 Å². The number of carbonyl (C=O) groups excluding carboxylic acids is 2. The van der Waals surface area contributed by atoms with Crippen LogP contribution in [-0.4, -0.2) is 67.4 Å². The minimum atomic E-state index is -0.601. The van der Waals surface area contributed by atoms with Crippen LogP contribution in [-0.2, 0) is 14.3 Å². The van der Waals surface area contributed by atoms with Crippen molar-refractivity contribution in [3.8, 4) is 0 Å². The van der Waals surface area contributed by atoms with Crippen LogP contribution < -0.4 is 0 Å². The number of ketones is 1. The molecule has 0 aromatic carbocycles. The zero-order chi connectivity index (χ0) is 12.3. The number of hydrogen-bond donors (Lipinski definition) is 0. The summed E-state index contributed by atoms with van der Waals surface area (Å²) in [5, 5.41) is 0. The first kappa shape index (κ1) is 13.1. The summed E-state index contributed by atoms with van der Waals surface area (Å²) < 4.78 is 4.79. The third-order valence-corrected chi connectivity index (χ3v) is 3.04. The van der Waals surface area contributed by atoms with Crippen molar-refractivity contribution in [2.24, 2.45) is 0 Å². The van der Waals surface area contributed by atoms with Crippen molar-refractivity contribution in [3.63, 3.8) is 0 Å². The van der Waals surface area contributed by atoms with Crippen molar-refractivity contribution in [2.75, 3.05) is 40.4 Å². The van der Waals surface area contributed by atoms with Gasteiger partial charge >= 0.3 is 0 Å². The molecule has 5 heteroatoms. The van der Waals surface area contributed by atoms with Gasteiger partial charge in [-0.15, -0.1) is 0 Å². The minimum Gasteiger partial charge on any atom is -0.377 e. The van der Waals surface area contributed by atoms with Gasteiger partial charge in [-0.2, -0.15) is 0 Å². The van der Waals surface area contributed by atoms with Gasteiger partial charge in [0.2, 0.25) is 5.91 Å². The highest BCUT2D eigenvalue weighted by Crippen LogP contribution is 2.21. The van der Waals surface area contributed by atoms with E-state index in [2.05, 4.69) is 0 Å². The Morgan fingerprint density at radius 1 is 1.44 bits per heavy atom. The van der Waals surface area contributed by atoms with Crippen LogP contribution in [0.5, 0.6) is 0 Å². The molecule has 0 aliphatic carbocycles. The number of methoxy groups -OCH3 is 1. The van der Waals surface area contributed by atoms with Gasteiger partial charge in [0.1, 0.15) is 6.61 Å². The summed E-state index contributed by atoms with van der Waals surface area (Å²) in [4.78, 5) is 27.1. The molecule has 0 unspecified atom stereocenters. The predicted molar refractivity (Wildman–Crippen MR) is 60.2 cm³/mol. The van der Waals surface area contributed by atoms with Crippen LogP contribution in [0, 0.1) is 0 Å². The minimum absolute atomic E-state index is 0.00734. The fourth-order valence-corrected chi connectivity index (χ4v) is 1.95. The summed E-state index contributed by atoms with van der Waals surface area (Å²) in [6.45, 7) is 5.49. The fourth-order valence-electron chi connectivity index (χ4n) is 1.95. The molecule has 1 heterocycles. The van der Waals surface area contributed by atoms with E-state index in [1.807, 2.05) is 18.7 Å². The monoisotopic (exact) mass is 228 g/mol. The molecule has 0 spiro atoms. The van der Waals surface area contributed by atoms with Crippen molar-refractivity contribution in [1.82, 2.24) is 9.80 Å². The SMILES string of the molecule is COCC(=O)CN1CCN(C)C(=O)C1(C)C. The highest BCUT2D eigenvalue weighted by Gasteiger charge is 2.40. The van der Waals surface area contributed by atoms with E-state index < -0.39 is 5.54 Å². The predicted octanol–water partition coefficient (Wildman–Crippen LogP) is -0.245. The molecule has 1 amide bonds. The number of hydrogen-bond acceptors (Lipinski definition) is 4. The van der Waals surface area contributed by atoms with Gasteiger partial charge in [0, 0.05) is 27.2 Å². The van der Waals surface area contributed by atoms with Gasteiger partial charge in [-0.05, 0) is 13.8 Å². The summed E-state index contributed by atoms with van der Waals surface area (Å²) in [7, 11) is 3.29. The Labute approximate surface area is 96.3 Å². The van der Waals surface area contributed by atoms with Gasteiger partial charge in [-0.1, -0.05) is 0 Å². The van der Waals surface area contributed by atoms with Crippen LogP contribution in [0.3, 0.4) is 0 Å². The molecule has 1 aliphatic heterocycles. The van der Waals surface area contributed by atoms with Crippen LogP contribution in [0.25, 0.3) is 0 Å². The second kappa shape index (κ2) is 4.93. The number of Topliss-reactive ketones (excluding diaryl/α,β-unsaturated/α-hetero) is 1. The zero-order valence-electron chi connectivity index (χ0n) is 10.4. The highest BCUT2D eigenvalue weighted by molar-refractivity contribution is 5.88. The normalized spacial score (nSPS) is 21.2. The smallest absolute Gasteiger partial charge is 0.242 e. The molecular formula is C11H20N2O3. The van der Waals surface area contributed by atoms with Gasteiger partial charge in [-0.25, -0.2) is 0 Å². The van der Waals surface area contributed by atoms with Gasteiger partial charge < -0.3 is 9.64 Å². The lowest BCUT2D eigenvalue weighted by atomic mass is 9.97. The first-order valence-corrected chi connectivity index (χ1v) is 5.41. The van der Waals surface area contributed by atoms with Crippen molar-refractivity contribution in [1.29, 1.82) is 0 Å². The zero-order valence-corrected chi connectivity index (χ0v) is 10.4. The molecular weight excluding hydrogens is 208 g/mol. The van der Waals surface area contributed by atoms with E-state index in [0.29, 0.717) is 6.54 Å². The lowest BCUT2D eigenvalue weighted by molar-refractivity contribution is -0.148. The van der Waals surface area contributed by atoms with E-state index in [4.69, 9.17) is 4.74 Å². The van der Waals surface area contributed by atoms with Crippen molar-refractivity contribution >= 4 is 11.7 Å². The maximum absolute atomic E-state index is 11.9. The molecule has 0 N–H and O–H groups in total. The van der Waals surface area contributed by atoms with Crippen LogP contribution in [0.2, 0.25) is 0 Å². The molecule has 0 saturated carbocycles. The Balaban J connectivity index is 2.67. The molecule has 5 nitrogen and oxygen atoms in total. The molecule has 0 bridgehead atoms. The quantitative estimate of drug-likeness (QED) is 0.666. The topological polar surface area (TPSA) is 49.9 Å². The number of nitrogens with zero attached hydrogens (tertiary/aromatic N) is 2. The second-order valence-corrected chi connectivity index (χ2v) is 4.68. The third kappa shape index (κ3) is 2.59. The van der Waals surface area contributed by atoms with Gasteiger partial charge in [0.05, 0.1) is 12.1 Å². The lowest BCUT2D eigenvalue weighted by Gasteiger charge is -2.44. The van der Waals surface area contributed by atoms with Crippen LogP contribution in [0.4, 0.5) is 0 Å². The maximum atomic E-state index is 11.9. The molecule has 0 aromatic rings. The number of rotatable bonds is 4. The Hall–Kier alpha value is -0.940. The van der Waals surface area contributed by atoms with Crippen molar-refractivity contribution in [3.05, 3.63) is 0 Å². The number of amides is 1. The average Bonchev–Trinajstić information content (AvgIpc) is 2.20. The number of likely N-dealkylation sites (N-methyl/N-ethyl adjacent to an activating group) is 1. The molecule has 1 rings (SSSR count). The molecule has 16 heavy (non-hydrogen) atoms. The van der Waals surface area contributed by atoms with Crippen LogP contribution in [0.15, 0.2) is 0 Å². The molecule has 1 aliphatic rings. The first-order chi connectivity index (χ1) is 7.39. The van der Waals surface area contributed by atoms with E-state index in [1.54, 1.807) is 11.9 Å².